The zero-order valence-corrected chi connectivity index (χ0v) is 10.3. The van der Waals surface area contributed by atoms with E-state index in [0.717, 1.165) is 5.69 Å². The van der Waals surface area contributed by atoms with E-state index in [1.54, 1.807) is 11.5 Å². The molecule has 2 rings (SSSR count). The highest BCUT2D eigenvalue weighted by molar-refractivity contribution is 7.13. The van der Waals surface area contributed by atoms with Gasteiger partial charge in [0, 0.05) is 5.39 Å². The quantitative estimate of drug-likeness (QED) is 0.620. The molecular weight excluding hydrogens is 202 g/mol. The van der Waals surface area contributed by atoms with Crippen molar-refractivity contribution in [1.82, 2.24) is 4.37 Å². The Hall–Kier alpha value is -0.890. The molecule has 0 aliphatic carbocycles. The predicted molar refractivity (Wildman–Crippen MR) is 71.9 cm³/mol. The summed E-state index contributed by atoms with van der Waals surface area (Å²) in [6, 6.07) is 4.33. The minimum absolute atomic E-state index is 0. The smallest absolute Gasteiger partial charge is 0.0592 e. The van der Waals surface area contributed by atoms with Crippen molar-refractivity contribution in [3.05, 3.63) is 29.0 Å². The minimum atomic E-state index is 0. The maximum Gasteiger partial charge on any atom is 0.0592 e. The van der Waals surface area contributed by atoms with Crippen molar-refractivity contribution in [3.8, 4) is 0 Å². The van der Waals surface area contributed by atoms with Gasteiger partial charge in [0.25, 0.3) is 0 Å². The van der Waals surface area contributed by atoms with Gasteiger partial charge in [0.2, 0.25) is 0 Å². The second-order valence-electron chi connectivity index (χ2n) is 3.17. The number of hydrogen-bond acceptors (Lipinski definition) is 2. The molecule has 0 bridgehead atoms. The van der Waals surface area contributed by atoms with E-state index in [9.17, 15) is 0 Å². The third kappa shape index (κ3) is 2.57. The Morgan fingerprint density at radius 2 is 1.53 bits per heavy atom. The summed E-state index contributed by atoms with van der Waals surface area (Å²) in [7, 11) is 0. The van der Waals surface area contributed by atoms with Crippen LogP contribution in [0.4, 0.5) is 0 Å². The van der Waals surface area contributed by atoms with Crippen LogP contribution in [0.3, 0.4) is 0 Å². The number of fused-ring (bicyclic) bond motifs is 1. The van der Waals surface area contributed by atoms with E-state index in [4.69, 9.17) is 0 Å². The second-order valence-corrected chi connectivity index (χ2v) is 3.94. The van der Waals surface area contributed by atoms with Crippen LogP contribution in [0.1, 0.15) is 38.1 Å². The number of nitrogens with zero attached hydrogens (tertiary/aromatic N) is 1. The van der Waals surface area contributed by atoms with Gasteiger partial charge in [-0.1, -0.05) is 33.4 Å². The first-order chi connectivity index (χ1) is 6.70. The fourth-order valence-electron chi connectivity index (χ4n) is 1.51. The SMILES string of the molecule is C.CC.Cc1ccc(C)c2c(C)nsc12. The predicted octanol–water partition coefficient (Wildman–Crippen LogP) is 4.88. The topological polar surface area (TPSA) is 12.9 Å². The summed E-state index contributed by atoms with van der Waals surface area (Å²) in [6.07, 6.45) is 0. The highest BCUT2D eigenvalue weighted by Gasteiger charge is 2.06. The van der Waals surface area contributed by atoms with Gasteiger partial charge in [-0.15, -0.1) is 0 Å². The summed E-state index contributed by atoms with van der Waals surface area (Å²) in [5, 5.41) is 1.35. The molecule has 1 aromatic heterocycles. The van der Waals surface area contributed by atoms with Gasteiger partial charge in [-0.05, 0) is 43.4 Å². The van der Waals surface area contributed by atoms with Crippen molar-refractivity contribution < 1.29 is 0 Å². The minimum Gasteiger partial charge on any atom is -0.197 e. The molecule has 0 saturated heterocycles. The van der Waals surface area contributed by atoms with Crippen molar-refractivity contribution >= 4 is 21.6 Å². The van der Waals surface area contributed by atoms with Crippen molar-refractivity contribution in [2.45, 2.75) is 42.0 Å². The molecule has 15 heavy (non-hydrogen) atoms. The summed E-state index contributed by atoms with van der Waals surface area (Å²) < 4.78 is 5.70. The Bertz CT molecular complexity index is 429. The largest absolute Gasteiger partial charge is 0.197 e. The van der Waals surface area contributed by atoms with E-state index in [2.05, 4.69) is 37.3 Å². The third-order valence-electron chi connectivity index (χ3n) is 2.20. The molecule has 0 atom stereocenters. The molecule has 0 spiro atoms. The van der Waals surface area contributed by atoms with Crippen molar-refractivity contribution in [2.75, 3.05) is 0 Å². The summed E-state index contributed by atoms with van der Waals surface area (Å²) in [6.45, 7) is 10.4. The lowest BCUT2D eigenvalue weighted by atomic mass is 10.1. The fraction of sp³-hybridized carbons (Fsp3) is 0.462. The molecule has 2 aromatic rings. The molecule has 0 aliphatic rings. The molecule has 0 N–H and O–H groups in total. The zero-order chi connectivity index (χ0) is 10.7. The standard InChI is InChI=1S/C10H11NS.C2H6.CH4/c1-6-4-5-7(2)10-9(6)8(3)11-12-10;1-2;/h4-5H,1-3H3;1-2H3;1H4. The van der Waals surface area contributed by atoms with E-state index < -0.39 is 0 Å². The first-order valence-corrected chi connectivity index (χ1v) is 5.79. The second kappa shape index (κ2) is 5.86. The normalized spacial score (nSPS) is 9.13. The summed E-state index contributed by atoms with van der Waals surface area (Å²) in [4.78, 5) is 0. The zero-order valence-electron chi connectivity index (χ0n) is 9.51. The van der Waals surface area contributed by atoms with Crippen molar-refractivity contribution in [2.24, 2.45) is 0 Å². The van der Waals surface area contributed by atoms with Gasteiger partial charge in [0.05, 0.1) is 10.4 Å². The van der Waals surface area contributed by atoms with Gasteiger partial charge in [-0.25, -0.2) is 0 Å². The average molecular weight is 223 g/mol. The Kier molecular flexibility index (Phi) is 5.51. The number of hydrogen-bond donors (Lipinski definition) is 0. The molecule has 0 radical (unpaired) electrons. The molecule has 0 aliphatic heterocycles. The van der Waals surface area contributed by atoms with Gasteiger partial charge in [-0.2, -0.15) is 4.37 Å². The van der Waals surface area contributed by atoms with Crippen LogP contribution in [0.25, 0.3) is 10.1 Å². The lowest BCUT2D eigenvalue weighted by Crippen LogP contribution is -1.79. The molecule has 84 valence electrons. The fourth-order valence-corrected chi connectivity index (χ4v) is 2.44. The number of aromatic nitrogens is 1. The maximum atomic E-state index is 4.36. The van der Waals surface area contributed by atoms with Gasteiger partial charge in [-0.3, -0.25) is 0 Å². The first kappa shape index (κ1) is 14.1. The average Bonchev–Trinajstić information content (AvgIpc) is 2.59. The van der Waals surface area contributed by atoms with Gasteiger partial charge in [0.15, 0.2) is 0 Å². The van der Waals surface area contributed by atoms with Crippen LogP contribution >= 0.6 is 11.5 Å². The molecule has 1 aromatic carbocycles. The van der Waals surface area contributed by atoms with Crippen LogP contribution in [-0.4, -0.2) is 4.37 Å². The van der Waals surface area contributed by atoms with Crippen LogP contribution in [-0.2, 0) is 0 Å². The number of benzene rings is 1. The lowest BCUT2D eigenvalue weighted by molar-refractivity contribution is 1.35. The Labute approximate surface area is 97.3 Å². The molecule has 0 saturated carbocycles. The van der Waals surface area contributed by atoms with Gasteiger partial charge in [0.1, 0.15) is 0 Å². The van der Waals surface area contributed by atoms with E-state index in [-0.39, 0.29) is 7.43 Å². The van der Waals surface area contributed by atoms with Crippen LogP contribution in [0, 0.1) is 20.8 Å². The van der Waals surface area contributed by atoms with Gasteiger partial charge < -0.3 is 0 Å². The highest BCUT2D eigenvalue weighted by atomic mass is 32.1. The summed E-state index contributed by atoms with van der Waals surface area (Å²) in [5.41, 5.74) is 3.83. The first-order valence-electron chi connectivity index (χ1n) is 5.02. The molecular formula is C13H21NS. The van der Waals surface area contributed by atoms with E-state index in [0.29, 0.717) is 0 Å². The lowest BCUT2D eigenvalue weighted by Gasteiger charge is -1.98. The number of aryl methyl sites for hydroxylation is 3. The highest BCUT2D eigenvalue weighted by Crippen LogP contribution is 2.28. The molecule has 1 heterocycles. The Balaban J connectivity index is 0.000000617. The molecule has 0 fully saturated rings. The van der Waals surface area contributed by atoms with Crippen LogP contribution in [0.15, 0.2) is 12.1 Å². The molecule has 0 unspecified atom stereocenters. The van der Waals surface area contributed by atoms with Crippen molar-refractivity contribution in [1.29, 1.82) is 0 Å². The molecule has 0 amide bonds. The van der Waals surface area contributed by atoms with Crippen LogP contribution in [0.2, 0.25) is 0 Å². The third-order valence-corrected chi connectivity index (χ3v) is 3.27. The summed E-state index contributed by atoms with van der Waals surface area (Å²) in [5.74, 6) is 0. The van der Waals surface area contributed by atoms with Gasteiger partial charge >= 0.3 is 0 Å². The molecule has 2 heteroatoms. The monoisotopic (exact) mass is 223 g/mol. The van der Waals surface area contributed by atoms with E-state index in [1.165, 1.54) is 21.2 Å². The maximum absolute atomic E-state index is 4.36. The van der Waals surface area contributed by atoms with E-state index >= 15 is 0 Å². The summed E-state index contributed by atoms with van der Waals surface area (Å²) >= 11 is 1.60. The Morgan fingerprint density at radius 3 is 2.07 bits per heavy atom. The molecule has 1 nitrogen and oxygen atoms in total. The Morgan fingerprint density at radius 1 is 1.00 bits per heavy atom. The van der Waals surface area contributed by atoms with E-state index in [1.807, 2.05) is 13.8 Å². The number of rotatable bonds is 0. The van der Waals surface area contributed by atoms with Crippen LogP contribution < -0.4 is 0 Å². The van der Waals surface area contributed by atoms with Crippen molar-refractivity contribution in [3.63, 3.8) is 0 Å². The van der Waals surface area contributed by atoms with Crippen LogP contribution in [0.5, 0.6) is 0 Å².